The van der Waals surface area contributed by atoms with Gasteiger partial charge in [-0.25, -0.2) is 15.0 Å². The molecule has 5 rings (SSSR count). The van der Waals surface area contributed by atoms with Gasteiger partial charge < -0.3 is 15.0 Å². The average molecular weight is 437 g/mol. The van der Waals surface area contributed by atoms with Crippen LogP contribution in [-0.4, -0.2) is 49.9 Å². The molecule has 1 N–H and O–H groups in total. The van der Waals surface area contributed by atoms with Crippen molar-refractivity contribution in [1.29, 1.82) is 0 Å². The summed E-state index contributed by atoms with van der Waals surface area (Å²) in [7, 11) is 0. The lowest BCUT2D eigenvalue weighted by Gasteiger charge is -2.33. The predicted octanol–water partition coefficient (Wildman–Crippen LogP) is 3.37. The van der Waals surface area contributed by atoms with Gasteiger partial charge in [0.2, 0.25) is 5.95 Å². The van der Waals surface area contributed by atoms with Gasteiger partial charge in [0.05, 0.1) is 11.9 Å². The standard InChI is InChI=1S/C22H21ClN6O2/c23-16-2-3-18-15(10-16)11-19(31-18)21(30)29-8-4-14(5-9-29)17-12-24-13-20(27-17)28-22-25-6-1-7-26-22/h1-3,6-7,10,12-14,19H,4-5,8-9,11H2,(H,25,26,27,28)/t19-/m1/s1. The zero-order valence-electron chi connectivity index (χ0n) is 16.7. The zero-order chi connectivity index (χ0) is 21.2. The Morgan fingerprint density at radius 1 is 1.16 bits per heavy atom. The summed E-state index contributed by atoms with van der Waals surface area (Å²) in [6, 6.07) is 7.24. The molecule has 0 saturated carbocycles. The number of benzene rings is 1. The van der Waals surface area contributed by atoms with Crippen LogP contribution in [0.4, 0.5) is 11.8 Å². The summed E-state index contributed by atoms with van der Waals surface area (Å²) in [5, 5.41) is 3.73. The molecule has 1 fully saturated rings. The molecule has 2 aromatic heterocycles. The molecular weight excluding hydrogens is 416 g/mol. The summed E-state index contributed by atoms with van der Waals surface area (Å²) in [6.07, 6.45) is 8.54. The summed E-state index contributed by atoms with van der Waals surface area (Å²) in [6.45, 7) is 1.34. The molecule has 4 heterocycles. The van der Waals surface area contributed by atoms with Crippen molar-refractivity contribution in [2.24, 2.45) is 0 Å². The Morgan fingerprint density at radius 2 is 1.97 bits per heavy atom. The number of hydrogen-bond donors (Lipinski definition) is 1. The van der Waals surface area contributed by atoms with Crippen molar-refractivity contribution in [2.75, 3.05) is 18.4 Å². The molecule has 8 nitrogen and oxygen atoms in total. The zero-order valence-corrected chi connectivity index (χ0v) is 17.5. The van der Waals surface area contributed by atoms with Crippen LogP contribution < -0.4 is 10.1 Å². The number of carbonyl (C=O) groups is 1. The van der Waals surface area contributed by atoms with Crippen LogP contribution in [0.5, 0.6) is 5.75 Å². The van der Waals surface area contributed by atoms with E-state index < -0.39 is 6.10 Å². The molecule has 0 unspecified atom stereocenters. The maximum Gasteiger partial charge on any atom is 0.263 e. The number of fused-ring (bicyclic) bond motifs is 1. The number of aromatic nitrogens is 4. The Balaban J connectivity index is 1.19. The van der Waals surface area contributed by atoms with Crippen LogP contribution in [0.1, 0.15) is 30.0 Å². The van der Waals surface area contributed by atoms with E-state index in [1.54, 1.807) is 36.9 Å². The number of amides is 1. The Kier molecular flexibility index (Phi) is 5.38. The van der Waals surface area contributed by atoms with Crippen LogP contribution >= 0.6 is 11.6 Å². The van der Waals surface area contributed by atoms with E-state index in [1.165, 1.54) is 0 Å². The molecule has 31 heavy (non-hydrogen) atoms. The normalized spacial score (nSPS) is 18.4. The van der Waals surface area contributed by atoms with E-state index >= 15 is 0 Å². The Hall–Kier alpha value is -3.26. The summed E-state index contributed by atoms with van der Waals surface area (Å²) < 4.78 is 5.87. The van der Waals surface area contributed by atoms with Crippen LogP contribution in [-0.2, 0) is 11.2 Å². The average Bonchev–Trinajstić information content (AvgIpc) is 3.23. The van der Waals surface area contributed by atoms with Gasteiger partial charge in [0.25, 0.3) is 5.91 Å². The molecule has 2 aliphatic heterocycles. The molecule has 1 saturated heterocycles. The van der Waals surface area contributed by atoms with Gasteiger partial charge in [0, 0.05) is 49.0 Å². The van der Waals surface area contributed by atoms with E-state index in [0.29, 0.717) is 36.3 Å². The quantitative estimate of drug-likeness (QED) is 0.670. The van der Waals surface area contributed by atoms with E-state index in [4.69, 9.17) is 16.3 Å². The molecule has 9 heteroatoms. The van der Waals surface area contributed by atoms with Gasteiger partial charge in [-0.05, 0) is 42.7 Å². The maximum atomic E-state index is 13.0. The highest BCUT2D eigenvalue weighted by Gasteiger charge is 2.34. The minimum absolute atomic E-state index is 0.0356. The lowest BCUT2D eigenvalue weighted by molar-refractivity contribution is -0.139. The predicted molar refractivity (Wildman–Crippen MR) is 115 cm³/mol. The fraction of sp³-hybridized carbons (Fsp3) is 0.318. The van der Waals surface area contributed by atoms with Crippen LogP contribution in [0.15, 0.2) is 49.1 Å². The second-order valence-corrected chi connectivity index (χ2v) is 8.13. The summed E-state index contributed by atoms with van der Waals surface area (Å²) in [5.41, 5.74) is 1.90. The number of anilines is 2. The number of piperidine rings is 1. The molecule has 1 aromatic carbocycles. The lowest BCUT2D eigenvalue weighted by Crippen LogP contribution is -2.45. The molecule has 0 spiro atoms. The highest BCUT2D eigenvalue weighted by molar-refractivity contribution is 6.30. The second kappa shape index (κ2) is 8.47. The fourth-order valence-corrected chi connectivity index (χ4v) is 4.27. The second-order valence-electron chi connectivity index (χ2n) is 7.69. The molecule has 0 aliphatic carbocycles. The summed E-state index contributed by atoms with van der Waals surface area (Å²) >= 11 is 6.06. The smallest absolute Gasteiger partial charge is 0.263 e. The first kappa shape index (κ1) is 19.7. The first-order chi connectivity index (χ1) is 15.2. The topological polar surface area (TPSA) is 93.1 Å². The van der Waals surface area contributed by atoms with Crippen LogP contribution in [0.3, 0.4) is 0 Å². The third kappa shape index (κ3) is 4.29. The van der Waals surface area contributed by atoms with Crippen molar-refractivity contribution in [3.63, 3.8) is 0 Å². The minimum Gasteiger partial charge on any atom is -0.480 e. The molecular formula is C22H21ClN6O2. The van der Waals surface area contributed by atoms with Crippen LogP contribution in [0, 0.1) is 0 Å². The van der Waals surface area contributed by atoms with Crippen molar-refractivity contribution in [2.45, 2.75) is 31.3 Å². The fourth-order valence-electron chi connectivity index (χ4n) is 4.07. The Labute approximate surface area is 184 Å². The first-order valence-corrected chi connectivity index (χ1v) is 10.6. The van der Waals surface area contributed by atoms with Crippen LogP contribution in [0.25, 0.3) is 0 Å². The number of nitrogens with one attached hydrogen (secondary N) is 1. The molecule has 3 aromatic rings. The van der Waals surface area contributed by atoms with E-state index in [9.17, 15) is 4.79 Å². The van der Waals surface area contributed by atoms with Crippen molar-refractivity contribution >= 4 is 29.3 Å². The molecule has 1 amide bonds. The van der Waals surface area contributed by atoms with Crippen molar-refractivity contribution in [1.82, 2.24) is 24.8 Å². The van der Waals surface area contributed by atoms with E-state index in [2.05, 4.69) is 25.3 Å². The summed E-state index contributed by atoms with van der Waals surface area (Å²) in [5.74, 6) is 2.12. The molecule has 2 aliphatic rings. The van der Waals surface area contributed by atoms with Gasteiger partial charge >= 0.3 is 0 Å². The summed E-state index contributed by atoms with van der Waals surface area (Å²) in [4.78, 5) is 32.2. The maximum absolute atomic E-state index is 13.0. The number of likely N-dealkylation sites (tertiary alicyclic amines) is 1. The Morgan fingerprint density at radius 3 is 2.77 bits per heavy atom. The van der Waals surface area contributed by atoms with Crippen molar-refractivity contribution in [3.8, 4) is 5.75 Å². The third-order valence-corrected chi connectivity index (χ3v) is 5.89. The van der Waals surface area contributed by atoms with Gasteiger partial charge in [-0.15, -0.1) is 0 Å². The number of carbonyl (C=O) groups excluding carboxylic acids is 1. The number of rotatable bonds is 4. The highest BCUT2D eigenvalue weighted by Crippen LogP contribution is 2.33. The SMILES string of the molecule is O=C([C@H]1Cc2cc(Cl)ccc2O1)N1CCC(c2cncc(Nc3ncccn3)n2)CC1. The monoisotopic (exact) mass is 436 g/mol. The number of ether oxygens (including phenoxy) is 1. The van der Waals surface area contributed by atoms with Gasteiger partial charge in [-0.1, -0.05) is 11.6 Å². The molecule has 158 valence electrons. The van der Waals surface area contributed by atoms with Gasteiger partial charge in [0.15, 0.2) is 11.9 Å². The number of nitrogens with zero attached hydrogens (tertiary/aromatic N) is 5. The van der Waals surface area contributed by atoms with Gasteiger partial charge in [-0.3, -0.25) is 9.78 Å². The van der Waals surface area contributed by atoms with E-state index in [-0.39, 0.29) is 11.8 Å². The first-order valence-electron chi connectivity index (χ1n) is 10.3. The van der Waals surface area contributed by atoms with Crippen LogP contribution in [0.2, 0.25) is 5.02 Å². The molecule has 0 radical (unpaired) electrons. The van der Waals surface area contributed by atoms with Gasteiger partial charge in [0.1, 0.15) is 5.75 Å². The van der Waals surface area contributed by atoms with Crippen molar-refractivity contribution in [3.05, 3.63) is 65.3 Å². The molecule has 0 bridgehead atoms. The minimum atomic E-state index is -0.469. The lowest BCUT2D eigenvalue weighted by atomic mass is 9.93. The number of hydrogen-bond acceptors (Lipinski definition) is 7. The van der Waals surface area contributed by atoms with Crippen molar-refractivity contribution < 1.29 is 9.53 Å². The van der Waals surface area contributed by atoms with Gasteiger partial charge in [-0.2, -0.15) is 0 Å². The third-order valence-electron chi connectivity index (χ3n) is 5.66. The Bertz CT molecular complexity index is 1090. The number of halogens is 1. The molecule has 1 atom stereocenters. The van der Waals surface area contributed by atoms with E-state index in [0.717, 1.165) is 29.8 Å². The van der Waals surface area contributed by atoms with E-state index in [1.807, 2.05) is 17.0 Å². The largest absolute Gasteiger partial charge is 0.480 e. The highest BCUT2D eigenvalue weighted by atomic mass is 35.5.